The van der Waals surface area contributed by atoms with Crippen molar-refractivity contribution >= 4 is 0 Å². The fraction of sp³-hybridized carbons (Fsp3) is 0.647. The number of hydrogen-bond acceptors (Lipinski definition) is 2. The van der Waals surface area contributed by atoms with Crippen LogP contribution in [0.5, 0.6) is 0 Å². The maximum atomic E-state index is 3.48. The highest BCUT2D eigenvalue weighted by Crippen LogP contribution is 2.05. The highest BCUT2D eigenvalue weighted by Gasteiger charge is 1.98. The summed E-state index contributed by atoms with van der Waals surface area (Å²) in [7, 11) is 0. The Kier molecular flexibility index (Phi) is 7.76. The molecule has 0 fully saturated rings. The standard InChI is InChI=1S/C17H30N2/c1-14(2)13-18-11-9-16-5-7-17(8-6-16)10-12-19-15(3)4/h5-8,14-15,18-19H,9-13H2,1-4H3. The lowest BCUT2D eigenvalue weighted by molar-refractivity contribution is 0.554. The lowest BCUT2D eigenvalue weighted by Gasteiger charge is -2.09. The normalized spacial score (nSPS) is 11.5. The van der Waals surface area contributed by atoms with Crippen LogP contribution in [0.2, 0.25) is 0 Å². The first kappa shape index (κ1) is 16.2. The summed E-state index contributed by atoms with van der Waals surface area (Å²) in [5.74, 6) is 0.732. The van der Waals surface area contributed by atoms with Gasteiger partial charge in [-0.3, -0.25) is 0 Å². The van der Waals surface area contributed by atoms with Crippen LogP contribution in [0.1, 0.15) is 38.8 Å². The van der Waals surface area contributed by atoms with E-state index >= 15 is 0 Å². The molecule has 2 heteroatoms. The number of nitrogens with one attached hydrogen (secondary N) is 2. The monoisotopic (exact) mass is 262 g/mol. The molecular formula is C17H30N2. The van der Waals surface area contributed by atoms with Crippen molar-refractivity contribution in [3.05, 3.63) is 35.4 Å². The molecule has 19 heavy (non-hydrogen) atoms. The molecule has 0 spiro atoms. The Balaban J connectivity index is 2.23. The van der Waals surface area contributed by atoms with E-state index in [1.807, 2.05) is 0 Å². The second-order valence-electron chi connectivity index (χ2n) is 6.02. The second-order valence-corrected chi connectivity index (χ2v) is 6.02. The van der Waals surface area contributed by atoms with Gasteiger partial charge in [0.15, 0.2) is 0 Å². The zero-order valence-corrected chi connectivity index (χ0v) is 13.0. The van der Waals surface area contributed by atoms with Crippen molar-refractivity contribution < 1.29 is 0 Å². The van der Waals surface area contributed by atoms with E-state index in [1.165, 1.54) is 11.1 Å². The number of benzene rings is 1. The zero-order chi connectivity index (χ0) is 14.1. The van der Waals surface area contributed by atoms with Gasteiger partial charge in [-0.2, -0.15) is 0 Å². The van der Waals surface area contributed by atoms with E-state index in [0.29, 0.717) is 6.04 Å². The predicted octanol–water partition coefficient (Wildman–Crippen LogP) is 3.02. The fourth-order valence-electron chi connectivity index (χ4n) is 2.00. The Morgan fingerprint density at radius 2 is 1.37 bits per heavy atom. The molecule has 0 saturated carbocycles. The van der Waals surface area contributed by atoms with Crippen LogP contribution in [0.25, 0.3) is 0 Å². The lowest BCUT2D eigenvalue weighted by atomic mass is 10.1. The van der Waals surface area contributed by atoms with E-state index in [0.717, 1.165) is 38.4 Å². The molecule has 1 aromatic carbocycles. The molecular weight excluding hydrogens is 232 g/mol. The van der Waals surface area contributed by atoms with E-state index in [2.05, 4.69) is 62.6 Å². The maximum absolute atomic E-state index is 3.48. The molecule has 0 aliphatic heterocycles. The van der Waals surface area contributed by atoms with E-state index in [4.69, 9.17) is 0 Å². The third-order valence-corrected chi connectivity index (χ3v) is 3.13. The highest BCUT2D eigenvalue weighted by atomic mass is 14.9. The van der Waals surface area contributed by atoms with Crippen molar-refractivity contribution in [3.8, 4) is 0 Å². The van der Waals surface area contributed by atoms with E-state index in [9.17, 15) is 0 Å². The van der Waals surface area contributed by atoms with Gasteiger partial charge < -0.3 is 10.6 Å². The van der Waals surface area contributed by atoms with Crippen LogP contribution >= 0.6 is 0 Å². The maximum Gasteiger partial charge on any atom is 0.00105 e. The summed E-state index contributed by atoms with van der Waals surface area (Å²) < 4.78 is 0. The summed E-state index contributed by atoms with van der Waals surface area (Å²) in [6.45, 7) is 12.1. The van der Waals surface area contributed by atoms with Crippen LogP contribution in [-0.4, -0.2) is 25.7 Å². The first-order valence-electron chi connectivity index (χ1n) is 7.60. The Morgan fingerprint density at radius 3 is 1.84 bits per heavy atom. The summed E-state index contributed by atoms with van der Waals surface area (Å²) in [6, 6.07) is 9.63. The summed E-state index contributed by atoms with van der Waals surface area (Å²) in [5.41, 5.74) is 2.85. The summed E-state index contributed by atoms with van der Waals surface area (Å²) >= 11 is 0. The fourth-order valence-corrected chi connectivity index (χ4v) is 2.00. The number of rotatable bonds is 9. The van der Waals surface area contributed by atoms with Gasteiger partial charge in [0.25, 0.3) is 0 Å². The summed E-state index contributed by atoms with van der Waals surface area (Å²) in [5, 5.41) is 6.94. The molecule has 0 radical (unpaired) electrons. The van der Waals surface area contributed by atoms with Crippen LogP contribution in [0.4, 0.5) is 0 Å². The smallest absolute Gasteiger partial charge is 0.00105 e. The van der Waals surface area contributed by atoms with Gasteiger partial charge in [-0.25, -0.2) is 0 Å². The van der Waals surface area contributed by atoms with Gasteiger partial charge in [-0.15, -0.1) is 0 Å². The molecule has 0 aliphatic rings. The molecule has 0 aromatic heterocycles. The zero-order valence-electron chi connectivity index (χ0n) is 13.0. The van der Waals surface area contributed by atoms with Crippen molar-refractivity contribution in [3.63, 3.8) is 0 Å². The lowest BCUT2D eigenvalue weighted by Crippen LogP contribution is -2.24. The third-order valence-electron chi connectivity index (χ3n) is 3.13. The average molecular weight is 262 g/mol. The van der Waals surface area contributed by atoms with E-state index < -0.39 is 0 Å². The van der Waals surface area contributed by atoms with Crippen LogP contribution < -0.4 is 10.6 Å². The van der Waals surface area contributed by atoms with Crippen molar-refractivity contribution in [2.45, 2.75) is 46.6 Å². The van der Waals surface area contributed by atoms with Crippen molar-refractivity contribution in [2.24, 2.45) is 5.92 Å². The van der Waals surface area contributed by atoms with Gasteiger partial charge in [0.1, 0.15) is 0 Å². The van der Waals surface area contributed by atoms with Gasteiger partial charge in [0.2, 0.25) is 0 Å². The Hall–Kier alpha value is -0.860. The Morgan fingerprint density at radius 1 is 0.842 bits per heavy atom. The summed E-state index contributed by atoms with van der Waals surface area (Å²) in [6.07, 6.45) is 2.24. The first-order chi connectivity index (χ1) is 9.08. The molecule has 0 saturated heterocycles. The van der Waals surface area contributed by atoms with Gasteiger partial charge in [-0.05, 0) is 49.5 Å². The predicted molar refractivity (Wildman–Crippen MR) is 84.7 cm³/mol. The Labute approximate surface area is 119 Å². The minimum Gasteiger partial charge on any atom is -0.316 e. The molecule has 0 bridgehead atoms. The van der Waals surface area contributed by atoms with Crippen molar-refractivity contribution in [2.75, 3.05) is 19.6 Å². The molecule has 108 valence electrons. The summed E-state index contributed by atoms with van der Waals surface area (Å²) in [4.78, 5) is 0. The van der Waals surface area contributed by atoms with Gasteiger partial charge in [0.05, 0.1) is 0 Å². The van der Waals surface area contributed by atoms with E-state index in [1.54, 1.807) is 0 Å². The molecule has 0 unspecified atom stereocenters. The minimum absolute atomic E-state index is 0.575. The van der Waals surface area contributed by atoms with Crippen molar-refractivity contribution in [1.82, 2.24) is 10.6 Å². The molecule has 0 aliphatic carbocycles. The number of hydrogen-bond donors (Lipinski definition) is 2. The van der Waals surface area contributed by atoms with E-state index in [-0.39, 0.29) is 0 Å². The van der Waals surface area contributed by atoms with Crippen LogP contribution in [0.15, 0.2) is 24.3 Å². The van der Waals surface area contributed by atoms with Gasteiger partial charge >= 0.3 is 0 Å². The average Bonchev–Trinajstić information content (AvgIpc) is 2.36. The van der Waals surface area contributed by atoms with Gasteiger partial charge in [-0.1, -0.05) is 52.0 Å². The topological polar surface area (TPSA) is 24.1 Å². The molecule has 2 N–H and O–H groups in total. The SMILES string of the molecule is CC(C)CNCCc1ccc(CCNC(C)C)cc1. The Bertz CT molecular complexity index is 328. The van der Waals surface area contributed by atoms with Crippen LogP contribution in [-0.2, 0) is 12.8 Å². The van der Waals surface area contributed by atoms with Gasteiger partial charge in [0, 0.05) is 6.04 Å². The van der Waals surface area contributed by atoms with Crippen LogP contribution in [0.3, 0.4) is 0 Å². The van der Waals surface area contributed by atoms with Crippen LogP contribution in [0, 0.1) is 5.92 Å². The minimum atomic E-state index is 0.575. The molecule has 0 atom stereocenters. The molecule has 0 amide bonds. The first-order valence-corrected chi connectivity index (χ1v) is 7.60. The third kappa shape index (κ3) is 8.02. The largest absolute Gasteiger partial charge is 0.316 e. The highest BCUT2D eigenvalue weighted by molar-refractivity contribution is 5.23. The second kappa shape index (κ2) is 9.11. The molecule has 1 rings (SSSR count). The van der Waals surface area contributed by atoms with Crippen molar-refractivity contribution in [1.29, 1.82) is 0 Å². The quantitative estimate of drug-likeness (QED) is 0.669. The molecule has 2 nitrogen and oxygen atoms in total. The molecule has 1 aromatic rings. The molecule has 0 heterocycles.